The van der Waals surface area contributed by atoms with Crippen molar-refractivity contribution in [3.05, 3.63) is 46.7 Å². The first-order chi connectivity index (χ1) is 9.92. The maximum Gasteiger partial charge on any atom is 0.337 e. The summed E-state index contributed by atoms with van der Waals surface area (Å²) in [7, 11) is 0. The third kappa shape index (κ3) is 2.09. The van der Waals surface area contributed by atoms with Gasteiger partial charge in [-0.15, -0.1) is 0 Å². The van der Waals surface area contributed by atoms with Gasteiger partial charge in [-0.3, -0.25) is 4.79 Å². The second-order valence-electron chi connectivity index (χ2n) is 5.73. The molecule has 0 unspecified atom stereocenters. The summed E-state index contributed by atoms with van der Waals surface area (Å²) < 4.78 is 5.36. The molecule has 1 N–H and O–H groups in total. The number of esters is 1. The van der Waals surface area contributed by atoms with Gasteiger partial charge in [-0.1, -0.05) is 12.1 Å². The molecular weight excluding hydrogens is 268 g/mol. The first kappa shape index (κ1) is 13.4. The highest BCUT2D eigenvalue weighted by Gasteiger charge is 2.47. The molecule has 2 aliphatic heterocycles. The van der Waals surface area contributed by atoms with Gasteiger partial charge < -0.3 is 10.1 Å². The molecule has 106 valence electrons. The van der Waals surface area contributed by atoms with Crippen molar-refractivity contribution < 1.29 is 14.3 Å². The summed E-state index contributed by atoms with van der Waals surface area (Å²) in [5.74, 6) is -0.838. The fraction of sp³-hybridized carbons (Fsp3) is 0.312. The molecule has 5 nitrogen and oxygen atoms in total. The maximum absolute atomic E-state index is 12.2. The molecule has 1 atom stereocenters. The zero-order valence-electron chi connectivity index (χ0n) is 11.8. The van der Waals surface area contributed by atoms with Gasteiger partial charge in [0.25, 0.3) is 0 Å². The van der Waals surface area contributed by atoms with Gasteiger partial charge in [-0.05, 0) is 31.5 Å². The SMILES string of the molecule is CC1(C)OC(=O)C2=C1NC(=O)C[C@@H]2c1ccc(C#N)cc1. The summed E-state index contributed by atoms with van der Waals surface area (Å²) in [5.41, 5.74) is 1.64. The van der Waals surface area contributed by atoms with Crippen molar-refractivity contribution in [3.63, 3.8) is 0 Å². The Bertz CT molecular complexity index is 708. The van der Waals surface area contributed by atoms with Crippen molar-refractivity contribution >= 4 is 11.9 Å². The Balaban J connectivity index is 2.09. The third-order valence-electron chi connectivity index (χ3n) is 3.88. The summed E-state index contributed by atoms with van der Waals surface area (Å²) in [6, 6.07) is 8.99. The van der Waals surface area contributed by atoms with Gasteiger partial charge in [-0.2, -0.15) is 5.26 Å². The van der Waals surface area contributed by atoms with Gasteiger partial charge >= 0.3 is 5.97 Å². The Morgan fingerprint density at radius 2 is 1.95 bits per heavy atom. The van der Waals surface area contributed by atoms with E-state index in [1.807, 2.05) is 0 Å². The Hall–Kier alpha value is -2.61. The zero-order chi connectivity index (χ0) is 15.2. The van der Waals surface area contributed by atoms with Gasteiger partial charge in [0.15, 0.2) is 0 Å². The second kappa shape index (κ2) is 4.45. The van der Waals surface area contributed by atoms with E-state index in [9.17, 15) is 9.59 Å². The van der Waals surface area contributed by atoms with Gasteiger partial charge in [0.05, 0.1) is 22.9 Å². The Labute approximate surface area is 122 Å². The molecule has 0 bridgehead atoms. The van der Waals surface area contributed by atoms with E-state index in [2.05, 4.69) is 11.4 Å². The molecule has 0 radical (unpaired) electrons. The number of hydrogen-bond donors (Lipinski definition) is 1. The summed E-state index contributed by atoms with van der Waals surface area (Å²) in [6.07, 6.45) is 0.204. The van der Waals surface area contributed by atoms with Crippen LogP contribution in [-0.2, 0) is 14.3 Å². The van der Waals surface area contributed by atoms with Crippen molar-refractivity contribution in [2.75, 3.05) is 0 Å². The number of benzene rings is 1. The number of carbonyl (C=O) groups excluding carboxylic acids is 2. The smallest absolute Gasteiger partial charge is 0.337 e. The predicted molar refractivity (Wildman–Crippen MR) is 73.9 cm³/mol. The van der Waals surface area contributed by atoms with Crippen molar-refractivity contribution in [3.8, 4) is 6.07 Å². The quantitative estimate of drug-likeness (QED) is 0.796. The summed E-state index contributed by atoms with van der Waals surface area (Å²) in [5, 5.41) is 11.6. The van der Waals surface area contributed by atoms with Crippen LogP contribution in [0.15, 0.2) is 35.5 Å². The first-order valence-corrected chi connectivity index (χ1v) is 6.70. The molecule has 0 aromatic heterocycles. The number of amides is 1. The molecule has 0 saturated heterocycles. The highest BCUT2D eigenvalue weighted by molar-refractivity contribution is 5.99. The lowest BCUT2D eigenvalue weighted by Crippen LogP contribution is -2.38. The van der Waals surface area contributed by atoms with E-state index >= 15 is 0 Å². The third-order valence-corrected chi connectivity index (χ3v) is 3.88. The van der Waals surface area contributed by atoms with Crippen molar-refractivity contribution in [1.29, 1.82) is 5.26 Å². The number of cyclic esters (lactones) is 1. The molecule has 2 aliphatic rings. The standard InChI is InChI=1S/C16H14N2O3/c1-16(2)14-13(15(20)21-16)11(7-12(19)18-14)10-5-3-9(8-17)4-6-10/h3-6,11H,7H2,1-2H3,(H,18,19)/t11-/m1/s1. The van der Waals surface area contributed by atoms with Crippen LogP contribution < -0.4 is 5.32 Å². The minimum Gasteiger partial charge on any atom is -0.450 e. The molecule has 5 heteroatoms. The van der Waals surface area contributed by atoms with Crippen LogP contribution in [-0.4, -0.2) is 17.5 Å². The highest BCUT2D eigenvalue weighted by Crippen LogP contribution is 2.42. The minimum absolute atomic E-state index is 0.130. The lowest BCUT2D eigenvalue weighted by molar-refractivity contribution is -0.144. The Morgan fingerprint density at radius 3 is 2.57 bits per heavy atom. The fourth-order valence-electron chi connectivity index (χ4n) is 2.85. The topological polar surface area (TPSA) is 79.2 Å². The average molecular weight is 282 g/mol. The van der Waals surface area contributed by atoms with Crippen LogP contribution in [0.1, 0.15) is 37.3 Å². The average Bonchev–Trinajstić information content (AvgIpc) is 2.68. The molecule has 0 fully saturated rings. The fourth-order valence-corrected chi connectivity index (χ4v) is 2.85. The molecular formula is C16H14N2O3. The van der Waals surface area contributed by atoms with Gasteiger partial charge in [0.1, 0.15) is 5.60 Å². The van der Waals surface area contributed by atoms with E-state index in [0.29, 0.717) is 16.8 Å². The molecule has 1 aromatic rings. The number of nitrogens with one attached hydrogen (secondary N) is 1. The first-order valence-electron chi connectivity index (χ1n) is 6.70. The van der Waals surface area contributed by atoms with Crippen LogP contribution in [0.5, 0.6) is 0 Å². The zero-order valence-corrected chi connectivity index (χ0v) is 11.8. The number of nitrogens with zero attached hydrogens (tertiary/aromatic N) is 1. The highest BCUT2D eigenvalue weighted by atomic mass is 16.6. The van der Waals surface area contributed by atoms with Crippen LogP contribution >= 0.6 is 0 Å². The second-order valence-corrected chi connectivity index (χ2v) is 5.73. The van der Waals surface area contributed by atoms with Crippen molar-refractivity contribution in [1.82, 2.24) is 5.32 Å². The predicted octanol–water partition coefficient (Wildman–Crippen LogP) is 1.75. The molecule has 0 saturated carbocycles. The van der Waals surface area contributed by atoms with Gasteiger partial charge in [-0.25, -0.2) is 4.79 Å². The van der Waals surface area contributed by atoms with Crippen molar-refractivity contribution in [2.45, 2.75) is 31.8 Å². The van der Waals surface area contributed by atoms with E-state index in [0.717, 1.165) is 5.56 Å². The summed E-state index contributed by atoms with van der Waals surface area (Å²) >= 11 is 0. The van der Waals surface area contributed by atoms with Crippen LogP contribution in [0, 0.1) is 11.3 Å². The van der Waals surface area contributed by atoms with Crippen LogP contribution in [0.25, 0.3) is 0 Å². The molecule has 1 aromatic carbocycles. The van der Waals surface area contributed by atoms with Crippen LogP contribution in [0.3, 0.4) is 0 Å². The van der Waals surface area contributed by atoms with E-state index in [4.69, 9.17) is 10.00 Å². The number of ether oxygens (including phenoxy) is 1. The number of carbonyl (C=O) groups is 2. The summed E-state index contributed by atoms with van der Waals surface area (Å²) in [4.78, 5) is 24.1. The van der Waals surface area contributed by atoms with E-state index in [1.165, 1.54) is 0 Å². The minimum atomic E-state index is -0.812. The monoisotopic (exact) mass is 282 g/mol. The Morgan fingerprint density at radius 1 is 1.29 bits per heavy atom. The van der Waals surface area contributed by atoms with Gasteiger partial charge in [0.2, 0.25) is 5.91 Å². The number of hydrogen-bond acceptors (Lipinski definition) is 4. The van der Waals surface area contributed by atoms with E-state index < -0.39 is 5.60 Å². The molecule has 3 rings (SSSR count). The van der Waals surface area contributed by atoms with E-state index in [-0.39, 0.29) is 24.2 Å². The largest absolute Gasteiger partial charge is 0.450 e. The lowest BCUT2D eigenvalue weighted by Gasteiger charge is -2.27. The maximum atomic E-state index is 12.2. The van der Waals surface area contributed by atoms with Crippen molar-refractivity contribution in [2.24, 2.45) is 0 Å². The molecule has 1 amide bonds. The normalized spacial score (nSPS) is 23.2. The molecule has 0 aliphatic carbocycles. The van der Waals surface area contributed by atoms with E-state index in [1.54, 1.807) is 38.1 Å². The molecule has 21 heavy (non-hydrogen) atoms. The molecule has 0 spiro atoms. The lowest BCUT2D eigenvalue weighted by atomic mass is 9.82. The number of nitriles is 1. The van der Waals surface area contributed by atoms with Crippen LogP contribution in [0.2, 0.25) is 0 Å². The van der Waals surface area contributed by atoms with Crippen LogP contribution in [0.4, 0.5) is 0 Å². The summed E-state index contributed by atoms with van der Waals surface area (Å²) in [6.45, 7) is 3.52. The number of rotatable bonds is 1. The Kier molecular flexibility index (Phi) is 2.84. The van der Waals surface area contributed by atoms with Gasteiger partial charge in [0, 0.05) is 12.3 Å². The molecule has 2 heterocycles.